The number of rotatable bonds is 16. The lowest BCUT2D eigenvalue weighted by atomic mass is 9.94. The van der Waals surface area contributed by atoms with Crippen molar-refractivity contribution < 1.29 is 56.4 Å². The standard InChI is InChI=1S/C30H43N2O12PS/c1-30(2,19-41-20-45(35,36)37)18-32(46(38,39)23-11-9-22(40-3)10-12-23)16-26(33)25(15-21-7-5-4-6-8-21)31-29(34)44-27-17-43-28-24(27)13-14-42-28/h4-12,24-28,33H,13-20H2,1-3H3,(H,31,34)(H2,35,36,37)/t24-,25-,26+,27-,28+/m0/s1. The molecule has 2 saturated heterocycles. The van der Waals surface area contributed by atoms with Gasteiger partial charge < -0.3 is 43.9 Å². The first-order chi connectivity index (χ1) is 21.7. The molecule has 0 aliphatic carbocycles. The molecule has 0 radical (unpaired) electrons. The van der Waals surface area contributed by atoms with Crippen molar-refractivity contribution in [1.82, 2.24) is 9.62 Å². The molecule has 2 aromatic carbocycles. The van der Waals surface area contributed by atoms with Crippen molar-refractivity contribution in [3.8, 4) is 5.75 Å². The summed E-state index contributed by atoms with van der Waals surface area (Å²) >= 11 is 0. The van der Waals surface area contributed by atoms with Crippen LogP contribution < -0.4 is 10.1 Å². The van der Waals surface area contributed by atoms with Gasteiger partial charge in [0.15, 0.2) is 6.29 Å². The van der Waals surface area contributed by atoms with Crippen LogP contribution in [0.3, 0.4) is 0 Å². The molecule has 16 heteroatoms. The minimum absolute atomic E-state index is 0.0611. The van der Waals surface area contributed by atoms with Crippen LogP contribution in [-0.4, -0.2) is 105 Å². The monoisotopic (exact) mass is 686 g/mol. The van der Waals surface area contributed by atoms with Crippen molar-refractivity contribution in [3.63, 3.8) is 0 Å². The number of methoxy groups -OCH3 is 1. The van der Waals surface area contributed by atoms with Crippen molar-refractivity contribution >= 4 is 23.7 Å². The third-order valence-electron chi connectivity index (χ3n) is 7.75. The van der Waals surface area contributed by atoms with Crippen LogP contribution in [0, 0.1) is 11.3 Å². The summed E-state index contributed by atoms with van der Waals surface area (Å²) in [6.45, 7) is 3.24. The Morgan fingerprint density at radius 3 is 2.48 bits per heavy atom. The van der Waals surface area contributed by atoms with Gasteiger partial charge in [0.25, 0.3) is 0 Å². The zero-order valence-electron chi connectivity index (χ0n) is 26.1. The second-order valence-electron chi connectivity index (χ2n) is 12.3. The van der Waals surface area contributed by atoms with Crippen LogP contribution in [0.2, 0.25) is 0 Å². The first-order valence-corrected chi connectivity index (χ1v) is 18.1. The number of nitrogens with one attached hydrogen (secondary N) is 1. The molecule has 4 N–H and O–H groups in total. The molecule has 0 aromatic heterocycles. The molecular formula is C30H43N2O12PS. The predicted molar refractivity (Wildman–Crippen MR) is 166 cm³/mol. The summed E-state index contributed by atoms with van der Waals surface area (Å²) in [4.78, 5) is 31.5. The van der Waals surface area contributed by atoms with Crippen LogP contribution in [0.15, 0.2) is 59.5 Å². The van der Waals surface area contributed by atoms with Gasteiger partial charge in [-0.1, -0.05) is 44.2 Å². The Hall–Kier alpha value is -2.59. The van der Waals surface area contributed by atoms with Crippen LogP contribution in [-0.2, 0) is 40.0 Å². The Morgan fingerprint density at radius 1 is 1.13 bits per heavy atom. The molecule has 14 nitrogen and oxygen atoms in total. The molecule has 1 amide bonds. The maximum absolute atomic E-state index is 14.0. The number of nitrogens with zero attached hydrogens (tertiary/aromatic N) is 1. The molecule has 0 bridgehead atoms. The van der Waals surface area contributed by atoms with Gasteiger partial charge in [-0.25, -0.2) is 13.2 Å². The Morgan fingerprint density at radius 2 is 1.83 bits per heavy atom. The Bertz CT molecular complexity index is 1440. The summed E-state index contributed by atoms with van der Waals surface area (Å²) in [7, 11) is -7.23. The molecule has 5 atom stereocenters. The summed E-state index contributed by atoms with van der Waals surface area (Å²) < 4.78 is 67.5. The Labute approximate surface area is 269 Å². The number of alkyl carbamates (subject to hydrolysis) is 1. The van der Waals surface area contributed by atoms with E-state index in [2.05, 4.69) is 5.32 Å². The van der Waals surface area contributed by atoms with E-state index < -0.39 is 66.6 Å². The zero-order valence-corrected chi connectivity index (χ0v) is 27.8. The summed E-state index contributed by atoms with van der Waals surface area (Å²) in [6, 6.07) is 13.9. The molecular weight excluding hydrogens is 643 g/mol. The quantitative estimate of drug-likeness (QED) is 0.189. The van der Waals surface area contributed by atoms with Crippen molar-refractivity contribution in [1.29, 1.82) is 0 Å². The van der Waals surface area contributed by atoms with Gasteiger partial charge in [-0.05, 0) is 42.7 Å². The molecule has 4 rings (SSSR count). The molecule has 2 fully saturated rings. The maximum atomic E-state index is 14.0. The number of aliphatic hydroxyl groups is 1. The first kappa shape index (κ1) is 36.2. The third-order valence-corrected chi connectivity index (χ3v) is 10.1. The molecule has 0 spiro atoms. The smallest absolute Gasteiger partial charge is 0.407 e. The van der Waals surface area contributed by atoms with Gasteiger partial charge in [-0.2, -0.15) is 4.31 Å². The summed E-state index contributed by atoms with van der Waals surface area (Å²) in [5.74, 6) is 0.355. The van der Waals surface area contributed by atoms with E-state index in [0.29, 0.717) is 18.8 Å². The highest BCUT2D eigenvalue weighted by atomic mass is 32.2. The highest BCUT2D eigenvalue weighted by Gasteiger charge is 2.44. The molecule has 0 saturated carbocycles. The molecule has 2 heterocycles. The number of amides is 1. The third kappa shape index (κ3) is 10.2. The fraction of sp³-hybridized carbons (Fsp3) is 0.567. The van der Waals surface area contributed by atoms with Crippen LogP contribution in [0.5, 0.6) is 5.75 Å². The number of carbonyl (C=O) groups is 1. The fourth-order valence-corrected chi connectivity index (χ4v) is 7.44. The molecule has 0 unspecified atom stereocenters. The SMILES string of the molecule is COc1ccc(S(=O)(=O)N(C[C@@H](O)[C@H](Cc2ccccc2)NC(=O)O[C@H]2CO[C@H]3OCC[C@H]32)CC(C)(C)COCP(=O)(O)O)cc1. The van der Waals surface area contributed by atoms with Crippen LogP contribution in [0.25, 0.3) is 0 Å². The first-order valence-electron chi connectivity index (χ1n) is 14.9. The van der Waals surface area contributed by atoms with Gasteiger partial charge in [0.1, 0.15) is 18.2 Å². The summed E-state index contributed by atoms with van der Waals surface area (Å²) in [5, 5.41) is 14.3. The largest absolute Gasteiger partial charge is 0.497 e. The van der Waals surface area contributed by atoms with E-state index in [1.54, 1.807) is 13.8 Å². The highest BCUT2D eigenvalue weighted by Crippen LogP contribution is 2.35. The van der Waals surface area contributed by atoms with Crippen LogP contribution in [0.4, 0.5) is 4.79 Å². The Balaban J connectivity index is 1.56. The van der Waals surface area contributed by atoms with E-state index in [1.165, 1.54) is 31.4 Å². The van der Waals surface area contributed by atoms with E-state index >= 15 is 0 Å². The van der Waals surface area contributed by atoms with Gasteiger partial charge >= 0.3 is 13.7 Å². The number of fused-ring (bicyclic) bond motifs is 1. The van der Waals surface area contributed by atoms with E-state index in [0.717, 1.165) is 9.87 Å². The number of benzene rings is 2. The highest BCUT2D eigenvalue weighted by molar-refractivity contribution is 7.89. The van der Waals surface area contributed by atoms with Gasteiger partial charge in [-0.3, -0.25) is 4.57 Å². The lowest BCUT2D eigenvalue weighted by Gasteiger charge is -2.35. The van der Waals surface area contributed by atoms with Gasteiger partial charge in [0.05, 0.1) is 49.9 Å². The molecule has 2 aliphatic rings. The second-order valence-corrected chi connectivity index (χ2v) is 15.8. The number of hydrogen-bond acceptors (Lipinski definition) is 10. The topological polar surface area (TPSA) is 190 Å². The number of hydrogen-bond donors (Lipinski definition) is 4. The van der Waals surface area contributed by atoms with Crippen LogP contribution in [0.1, 0.15) is 25.8 Å². The van der Waals surface area contributed by atoms with Crippen molar-refractivity contribution in [2.45, 2.75) is 56.1 Å². The molecule has 2 aliphatic heterocycles. The number of aliphatic hydroxyl groups excluding tert-OH is 1. The van der Waals surface area contributed by atoms with Crippen molar-refractivity contribution in [2.75, 3.05) is 46.4 Å². The molecule has 46 heavy (non-hydrogen) atoms. The van der Waals surface area contributed by atoms with E-state index in [4.69, 9.17) is 23.7 Å². The lowest BCUT2D eigenvalue weighted by Crippen LogP contribution is -2.52. The maximum Gasteiger partial charge on any atom is 0.407 e. The van der Waals surface area contributed by atoms with Gasteiger partial charge in [0.2, 0.25) is 10.0 Å². The van der Waals surface area contributed by atoms with E-state index in [9.17, 15) is 32.7 Å². The zero-order chi connectivity index (χ0) is 33.5. The minimum Gasteiger partial charge on any atom is -0.497 e. The van der Waals surface area contributed by atoms with E-state index in [-0.39, 0.29) is 37.0 Å². The molecule has 256 valence electrons. The molecule has 2 aromatic rings. The number of carbonyl (C=O) groups excluding carboxylic acids is 1. The van der Waals surface area contributed by atoms with Crippen LogP contribution >= 0.6 is 7.60 Å². The number of ether oxygens (including phenoxy) is 5. The average molecular weight is 687 g/mol. The van der Waals surface area contributed by atoms with Gasteiger partial charge in [-0.15, -0.1) is 0 Å². The van der Waals surface area contributed by atoms with Crippen molar-refractivity contribution in [2.24, 2.45) is 11.3 Å². The second kappa shape index (κ2) is 15.5. The minimum atomic E-state index is -4.45. The summed E-state index contributed by atoms with van der Waals surface area (Å²) in [5.41, 5.74) is -0.158. The number of sulfonamides is 1. The normalized spacial score (nSPS) is 21.5. The van der Waals surface area contributed by atoms with Crippen molar-refractivity contribution in [3.05, 3.63) is 60.2 Å². The lowest BCUT2D eigenvalue weighted by molar-refractivity contribution is -0.0907. The predicted octanol–water partition coefficient (Wildman–Crippen LogP) is 2.32. The Kier molecular flexibility index (Phi) is 12.2. The van der Waals surface area contributed by atoms with E-state index in [1.807, 2.05) is 30.3 Å². The average Bonchev–Trinajstić information content (AvgIpc) is 3.61. The summed E-state index contributed by atoms with van der Waals surface area (Å²) in [6.07, 6.45) is -3.11. The van der Waals surface area contributed by atoms with Gasteiger partial charge in [0, 0.05) is 18.5 Å². The fourth-order valence-electron chi connectivity index (χ4n) is 5.47.